The van der Waals surface area contributed by atoms with E-state index in [1.54, 1.807) is 23.1 Å². The first-order valence-corrected chi connectivity index (χ1v) is 11.7. The van der Waals surface area contributed by atoms with Crippen molar-refractivity contribution in [2.24, 2.45) is 4.99 Å². The number of amidine groups is 1. The quantitative estimate of drug-likeness (QED) is 0.503. The van der Waals surface area contributed by atoms with Gasteiger partial charge in [0.1, 0.15) is 0 Å². The third-order valence-corrected chi connectivity index (χ3v) is 9.49. The smallest absolute Gasteiger partial charge is 0.270 e. The molecule has 2 atom stereocenters. The van der Waals surface area contributed by atoms with E-state index < -0.39 is 5.69 Å². The standard InChI is InChI=1S/C12H23N2O2PS3/c1-6-9-19-17(18,15-8-3)16-14-11-13-10(4)12(5,7-2)20-11/h4,6-9H2,1-3,5H3,(H,13,14). The minimum absolute atomic E-state index is 0.0591. The molecule has 0 amide bonds. The molecule has 0 saturated heterocycles. The second-order valence-electron chi connectivity index (χ2n) is 4.44. The molecule has 1 N–H and O–H groups in total. The maximum atomic E-state index is 5.67. The SMILES string of the molecule is C=C1N=C(NOP(=S)(OCC)SCCC)SC1(C)CC. The number of aliphatic imine (C=N–C) groups is 1. The highest BCUT2D eigenvalue weighted by molar-refractivity contribution is 8.67. The fourth-order valence-electron chi connectivity index (χ4n) is 1.40. The third-order valence-electron chi connectivity index (χ3n) is 2.83. The molecule has 1 rings (SSSR count). The molecule has 0 bridgehead atoms. The normalized spacial score (nSPS) is 25.4. The van der Waals surface area contributed by atoms with Gasteiger partial charge in [-0.3, -0.25) is 0 Å². The van der Waals surface area contributed by atoms with Gasteiger partial charge in [-0.05, 0) is 38.5 Å². The van der Waals surface area contributed by atoms with Crippen LogP contribution in [0.15, 0.2) is 17.3 Å². The molecule has 1 aliphatic heterocycles. The molecule has 116 valence electrons. The van der Waals surface area contributed by atoms with Crippen LogP contribution in [0.4, 0.5) is 0 Å². The highest BCUT2D eigenvalue weighted by atomic mass is 32.9. The summed E-state index contributed by atoms with van der Waals surface area (Å²) in [5, 5.41) is 0.713. The minimum Gasteiger partial charge on any atom is -0.321 e. The predicted octanol–water partition coefficient (Wildman–Crippen LogP) is 4.70. The topological polar surface area (TPSA) is 42.9 Å². The third kappa shape index (κ3) is 5.04. The lowest BCUT2D eigenvalue weighted by Gasteiger charge is -2.22. The van der Waals surface area contributed by atoms with E-state index in [0.717, 1.165) is 24.3 Å². The summed E-state index contributed by atoms with van der Waals surface area (Å²) in [5.41, 5.74) is 1.41. The summed E-state index contributed by atoms with van der Waals surface area (Å²) in [6.45, 7) is 12.8. The second-order valence-corrected chi connectivity index (χ2v) is 12.3. The number of nitrogens with one attached hydrogen (secondary N) is 1. The van der Waals surface area contributed by atoms with Gasteiger partial charge in [-0.15, -0.1) is 0 Å². The maximum absolute atomic E-state index is 5.67. The van der Waals surface area contributed by atoms with Crippen LogP contribution in [-0.4, -0.2) is 22.3 Å². The number of hydrogen-bond acceptors (Lipinski definition) is 7. The molecule has 1 heterocycles. The van der Waals surface area contributed by atoms with E-state index in [-0.39, 0.29) is 4.75 Å². The van der Waals surface area contributed by atoms with E-state index >= 15 is 0 Å². The molecule has 1 aliphatic rings. The summed E-state index contributed by atoms with van der Waals surface area (Å²) in [6, 6.07) is 0. The highest BCUT2D eigenvalue weighted by Crippen LogP contribution is 2.60. The minimum atomic E-state index is -2.34. The first-order valence-electron chi connectivity index (χ1n) is 6.70. The molecule has 20 heavy (non-hydrogen) atoms. The summed E-state index contributed by atoms with van der Waals surface area (Å²) in [7, 11) is 0. The zero-order chi connectivity index (χ0) is 15.2. The zero-order valence-electron chi connectivity index (χ0n) is 12.5. The second kappa shape index (κ2) is 8.20. The molecule has 0 fully saturated rings. The summed E-state index contributed by atoms with van der Waals surface area (Å²) in [5.74, 6) is 0.929. The van der Waals surface area contributed by atoms with Crippen molar-refractivity contribution in [2.75, 3.05) is 12.4 Å². The number of thioether (sulfide) groups is 1. The van der Waals surface area contributed by atoms with Gasteiger partial charge in [-0.1, -0.05) is 43.6 Å². The highest BCUT2D eigenvalue weighted by Gasteiger charge is 2.35. The average Bonchev–Trinajstić information content (AvgIpc) is 2.71. The van der Waals surface area contributed by atoms with Crippen LogP contribution >= 0.6 is 28.8 Å². The molecule has 8 heteroatoms. The van der Waals surface area contributed by atoms with Gasteiger partial charge in [0.05, 0.1) is 17.1 Å². The van der Waals surface area contributed by atoms with E-state index in [1.807, 2.05) is 6.92 Å². The van der Waals surface area contributed by atoms with Crippen LogP contribution in [0.1, 0.15) is 40.5 Å². The van der Waals surface area contributed by atoms with Crippen molar-refractivity contribution in [1.82, 2.24) is 5.48 Å². The van der Waals surface area contributed by atoms with Gasteiger partial charge < -0.3 is 4.52 Å². The molecular weight excluding hydrogens is 331 g/mol. The molecule has 0 aromatic heterocycles. The van der Waals surface area contributed by atoms with Crippen molar-refractivity contribution in [1.29, 1.82) is 0 Å². The lowest BCUT2D eigenvalue weighted by atomic mass is 10.1. The van der Waals surface area contributed by atoms with Gasteiger partial charge in [0.2, 0.25) is 0 Å². The van der Waals surface area contributed by atoms with Gasteiger partial charge in [-0.2, -0.15) is 0 Å². The fourth-order valence-corrected chi connectivity index (χ4v) is 6.67. The van der Waals surface area contributed by atoms with E-state index in [2.05, 4.69) is 37.8 Å². The molecule has 0 saturated carbocycles. The van der Waals surface area contributed by atoms with Crippen LogP contribution in [0.25, 0.3) is 0 Å². The van der Waals surface area contributed by atoms with E-state index in [4.69, 9.17) is 21.0 Å². The molecule has 4 nitrogen and oxygen atoms in total. The summed E-state index contributed by atoms with van der Waals surface area (Å²) in [6.07, 6.45) is 2.01. The first-order chi connectivity index (χ1) is 9.39. The summed E-state index contributed by atoms with van der Waals surface area (Å²) < 4.78 is 11.2. The van der Waals surface area contributed by atoms with Crippen LogP contribution < -0.4 is 5.48 Å². The molecule has 2 unspecified atom stereocenters. The Hall–Kier alpha value is 0.480. The van der Waals surface area contributed by atoms with Gasteiger partial charge in [-0.25, -0.2) is 15.1 Å². The van der Waals surface area contributed by atoms with E-state index in [0.29, 0.717) is 11.8 Å². The lowest BCUT2D eigenvalue weighted by molar-refractivity contribution is 0.235. The predicted molar refractivity (Wildman–Crippen MR) is 95.7 cm³/mol. The molecule has 0 aromatic carbocycles. The largest absolute Gasteiger partial charge is 0.321 e. The van der Waals surface area contributed by atoms with Crippen molar-refractivity contribution >= 4 is 45.8 Å². The zero-order valence-corrected chi connectivity index (χ0v) is 15.8. The lowest BCUT2D eigenvalue weighted by Crippen LogP contribution is -2.22. The van der Waals surface area contributed by atoms with Gasteiger partial charge >= 0.3 is 0 Å². The Labute approximate surface area is 135 Å². The maximum Gasteiger partial charge on any atom is 0.270 e. The monoisotopic (exact) mass is 354 g/mol. The Bertz CT molecular complexity index is 431. The van der Waals surface area contributed by atoms with Crippen LogP contribution in [-0.2, 0) is 21.0 Å². The van der Waals surface area contributed by atoms with Crippen LogP contribution in [0.3, 0.4) is 0 Å². The Morgan fingerprint density at radius 3 is 2.70 bits per heavy atom. The Kier molecular flexibility index (Phi) is 7.60. The molecular formula is C12H23N2O2PS3. The number of nitrogens with zero attached hydrogens (tertiary/aromatic N) is 1. The van der Waals surface area contributed by atoms with Gasteiger partial charge in [0.25, 0.3) is 5.69 Å². The van der Waals surface area contributed by atoms with E-state index in [1.165, 1.54) is 0 Å². The van der Waals surface area contributed by atoms with Crippen LogP contribution in [0, 0.1) is 0 Å². The number of hydrogen-bond donors (Lipinski definition) is 1. The Morgan fingerprint density at radius 2 is 2.20 bits per heavy atom. The molecule has 0 aromatic rings. The van der Waals surface area contributed by atoms with Gasteiger partial charge in [0.15, 0.2) is 5.17 Å². The first kappa shape index (κ1) is 18.5. The summed E-state index contributed by atoms with van der Waals surface area (Å²) >= 11 is 8.69. The van der Waals surface area contributed by atoms with Crippen molar-refractivity contribution in [3.8, 4) is 0 Å². The van der Waals surface area contributed by atoms with Crippen LogP contribution in [0.2, 0.25) is 0 Å². The van der Waals surface area contributed by atoms with E-state index in [9.17, 15) is 0 Å². The van der Waals surface area contributed by atoms with Crippen LogP contribution in [0.5, 0.6) is 0 Å². The molecule has 0 aliphatic carbocycles. The Balaban J connectivity index is 2.59. The summed E-state index contributed by atoms with van der Waals surface area (Å²) in [4.78, 5) is 4.41. The number of hydroxylamine groups is 1. The van der Waals surface area contributed by atoms with Gasteiger partial charge in [0, 0.05) is 5.75 Å². The molecule has 0 spiro atoms. The van der Waals surface area contributed by atoms with Crippen molar-refractivity contribution in [3.05, 3.63) is 12.3 Å². The number of rotatable bonds is 8. The Morgan fingerprint density at radius 1 is 1.50 bits per heavy atom. The molecule has 0 radical (unpaired) electrons. The average molecular weight is 355 g/mol. The van der Waals surface area contributed by atoms with Crippen molar-refractivity contribution in [3.63, 3.8) is 0 Å². The van der Waals surface area contributed by atoms with Crippen molar-refractivity contribution < 1.29 is 9.15 Å². The van der Waals surface area contributed by atoms with Crippen molar-refractivity contribution in [2.45, 2.75) is 45.3 Å². The fraction of sp³-hybridized carbons (Fsp3) is 0.750.